The zero-order valence-corrected chi connectivity index (χ0v) is 19.6. The molecule has 0 saturated carbocycles. The Kier molecular flexibility index (Phi) is 7.92. The summed E-state index contributed by atoms with van der Waals surface area (Å²) in [5, 5.41) is 13.3. The molecule has 9 heteroatoms. The number of nitrogens with zero attached hydrogens (tertiary/aromatic N) is 1. The summed E-state index contributed by atoms with van der Waals surface area (Å²) in [6.45, 7) is 0. The molecule has 0 aliphatic heterocycles. The number of carbonyl (C=O) groups excluding carboxylic acids is 1. The number of aromatic carboxylic acids is 1. The molecular formula is C20H18NNaO6S. The van der Waals surface area contributed by atoms with E-state index in [4.69, 9.17) is 18.9 Å². The zero-order chi connectivity index (χ0) is 20.3. The van der Waals surface area contributed by atoms with Gasteiger partial charge in [-0.2, -0.15) is 4.37 Å². The molecule has 1 aromatic heterocycles. The summed E-state index contributed by atoms with van der Waals surface area (Å²) in [5.41, 5.74) is 2.83. The Morgan fingerprint density at radius 1 is 0.897 bits per heavy atom. The Hall–Kier alpha value is -2.26. The van der Waals surface area contributed by atoms with Crippen LogP contribution < -0.4 is 53.6 Å². The van der Waals surface area contributed by atoms with Crippen LogP contribution in [0.15, 0.2) is 35.7 Å². The summed E-state index contributed by atoms with van der Waals surface area (Å²) in [6.07, 6.45) is 0. The van der Waals surface area contributed by atoms with Crippen LogP contribution in [0.2, 0.25) is 0 Å². The van der Waals surface area contributed by atoms with Gasteiger partial charge in [0, 0.05) is 22.1 Å². The van der Waals surface area contributed by atoms with Crippen LogP contribution in [0.3, 0.4) is 0 Å². The van der Waals surface area contributed by atoms with Gasteiger partial charge in [0.25, 0.3) is 0 Å². The summed E-state index contributed by atoms with van der Waals surface area (Å²) in [6, 6.07) is 8.47. The van der Waals surface area contributed by atoms with Crippen molar-refractivity contribution in [3.05, 3.63) is 41.3 Å². The molecule has 0 spiro atoms. The monoisotopic (exact) mass is 423 g/mol. The van der Waals surface area contributed by atoms with Crippen LogP contribution in [0.25, 0.3) is 22.4 Å². The normalized spacial score (nSPS) is 10.1. The Bertz CT molecular complexity index is 995. The summed E-state index contributed by atoms with van der Waals surface area (Å²) in [7, 11) is 6.03. The van der Waals surface area contributed by atoms with Crippen molar-refractivity contribution in [3.63, 3.8) is 0 Å². The quantitative estimate of drug-likeness (QED) is 0.490. The van der Waals surface area contributed by atoms with Crippen molar-refractivity contribution < 1.29 is 58.4 Å². The van der Waals surface area contributed by atoms with Crippen LogP contribution >= 0.6 is 11.5 Å². The second-order valence-electron chi connectivity index (χ2n) is 5.69. The van der Waals surface area contributed by atoms with Crippen LogP contribution in [-0.2, 0) is 0 Å². The van der Waals surface area contributed by atoms with Crippen LogP contribution in [0.4, 0.5) is 0 Å². The van der Waals surface area contributed by atoms with Gasteiger partial charge in [0.05, 0.1) is 40.1 Å². The van der Waals surface area contributed by atoms with Crippen LogP contribution in [0.1, 0.15) is 10.4 Å². The molecule has 29 heavy (non-hydrogen) atoms. The molecule has 1 heterocycles. The first kappa shape index (κ1) is 23.0. The molecule has 0 radical (unpaired) electrons. The SMILES string of the molecule is COc1ccc(-c2csnc2-c2cc(OC)c(OC)c(OC)c2)cc1C(=O)[O-].[Na+]. The maximum Gasteiger partial charge on any atom is 1.00 e. The zero-order valence-electron chi connectivity index (χ0n) is 16.8. The topological polar surface area (TPSA) is 89.9 Å². The third-order valence-electron chi connectivity index (χ3n) is 4.24. The molecule has 0 atom stereocenters. The Morgan fingerprint density at radius 3 is 2.03 bits per heavy atom. The summed E-state index contributed by atoms with van der Waals surface area (Å²) in [4.78, 5) is 11.4. The van der Waals surface area contributed by atoms with Crippen molar-refractivity contribution in [2.75, 3.05) is 28.4 Å². The first-order chi connectivity index (χ1) is 13.5. The minimum absolute atomic E-state index is 0. The van der Waals surface area contributed by atoms with Gasteiger partial charge in [0.15, 0.2) is 11.5 Å². The molecule has 3 aromatic rings. The van der Waals surface area contributed by atoms with E-state index in [1.54, 1.807) is 38.5 Å². The Morgan fingerprint density at radius 2 is 1.52 bits per heavy atom. The molecule has 0 fully saturated rings. The van der Waals surface area contributed by atoms with E-state index in [9.17, 15) is 9.90 Å². The molecule has 0 unspecified atom stereocenters. The van der Waals surface area contributed by atoms with Crippen molar-refractivity contribution in [1.29, 1.82) is 0 Å². The standard InChI is InChI=1S/C20H19NO6S.Na/c1-24-15-6-5-11(7-13(15)20(22)23)14-10-28-21-18(14)12-8-16(25-2)19(27-4)17(9-12)26-3;/h5-10H,1-4H3,(H,22,23);/q;+1/p-1. The molecule has 7 nitrogen and oxygen atoms in total. The van der Waals surface area contributed by atoms with E-state index in [1.807, 2.05) is 5.38 Å². The van der Waals surface area contributed by atoms with Gasteiger partial charge < -0.3 is 28.8 Å². The molecule has 0 aliphatic rings. The van der Waals surface area contributed by atoms with Gasteiger partial charge in [-0.15, -0.1) is 0 Å². The fourth-order valence-electron chi connectivity index (χ4n) is 2.90. The van der Waals surface area contributed by atoms with Gasteiger partial charge in [-0.05, 0) is 41.4 Å². The van der Waals surface area contributed by atoms with Crippen molar-refractivity contribution in [2.24, 2.45) is 0 Å². The van der Waals surface area contributed by atoms with E-state index >= 15 is 0 Å². The molecular weight excluding hydrogens is 405 g/mol. The van der Waals surface area contributed by atoms with Crippen molar-refractivity contribution >= 4 is 17.5 Å². The number of carboxylic acid groups (broad SMARTS) is 1. The maximum absolute atomic E-state index is 11.4. The largest absolute Gasteiger partial charge is 1.00 e. The summed E-state index contributed by atoms with van der Waals surface area (Å²) < 4.78 is 25.8. The first-order valence-electron chi connectivity index (χ1n) is 8.18. The molecule has 2 aromatic carbocycles. The van der Waals surface area contributed by atoms with Crippen LogP contribution in [0.5, 0.6) is 23.0 Å². The Labute approximate surface area is 194 Å². The molecule has 0 amide bonds. The molecule has 0 N–H and O–H groups in total. The summed E-state index contributed by atoms with van der Waals surface area (Å²) in [5.74, 6) is 0.411. The molecule has 146 valence electrons. The summed E-state index contributed by atoms with van der Waals surface area (Å²) >= 11 is 1.26. The predicted molar refractivity (Wildman–Crippen MR) is 104 cm³/mol. The van der Waals surface area contributed by atoms with Gasteiger partial charge in [-0.25, -0.2) is 0 Å². The average Bonchev–Trinajstić information content (AvgIpc) is 3.21. The number of hydrogen-bond acceptors (Lipinski definition) is 8. The Balaban J connectivity index is 0.00000300. The van der Waals surface area contributed by atoms with E-state index in [-0.39, 0.29) is 40.9 Å². The molecule has 0 saturated heterocycles. The van der Waals surface area contributed by atoms with E-state index in [0.717, 1.165) is 11.1 Å². The number of carbonyl (C=O) groups is 1. The van der Waals surface area contributed by atoms with Gasteiger partial charge in [-0.1, -0.05) is 6.07 Å². The van der Waals surface area contributed by atoms with E-state index in [1.165, 1.54) is 31.8 Å². The minimum atomic E-state index is -1.31. The molecule has 3 rings (SSSR count). The number of carboxylic acids is 1. The van der Waals surface area contributed by atoms with E-state index in [0.29, 0.717) is 28.5 Å². The number of aromatic nitrogens is 1. The fourth-order valence-corrected chi connectivity index (χ4v) is 3.62. The van der Waals surface area contributed by atoms with E-state index < -0.39 is 5.97 Å². The first-order valence-corrected chi connectivity index (χ1v) is 9.02. The van der Waals surface area contributed by atoms with Gasteiger partial charge >= 0.3 is 29.6 Å². The molecule has 0 aliphatic carbocycles. The fraction of sp³-hybridized carbons (Fsp3) is 0.200. The average molecular weight is 423 g/mol. The second kappa shape index (κ2) is 9.98. The van der Waals surface area contributed by atoms with Crippen molar-refractivity contribution in [1.82, 2.24) is 4.37 Å². The van der Waals surface area contributed by atoms with Crippen molar-refractivity contribution in [2.45, 2.75) is 0 Å². The smallest absolute Gasteiger partial charge is 0.545 e. The third kappa shape index (κ3) is 4.51. The maximum atomic E-state index is 11.4. The van der Waals surface area contributed by atoms with Gasteiger partial charge in [0.2, 0.25) is 5.75 Å². The number of rotatable bonds is 7. The number of hydrogen-bond donors (Lipinski definition) is 0. The molecule has 0 bridgehead atoms. The predicted octanol–water partition coefficient (Wildman–Crippen LogP) is -0.121. The van der Waals surface area contributed by atoms with Crippen LogP contribution in [0, 0.1) is 0 Å². The van der Waals surface area contributed by atoms with Gasteiger partial charge in [0.1, 0.15) is 5.75 Å². The van der Waals surface area contributed by atoms with Crippen LogP contribution in [-0.4, -0.2) is 38.8 Å². The van der Waals surface area contributed by atoms with Gasteiger partial charge in [-0.3, -0.25) is 0 Å². The minimum Gasteiger partial charge on any atom is -0.545 e. The second-order valence-corrected chi connectivity index (χ2v) is 6.32. The number of methoxy groups -OCH3 is 4. The number of benzene rings is 2. The van der Waals surface area contributed by atoms with E-state index in [2.05, 4.69) is 4.37 Å². The van der Waals surface area contributed by atoms with Crippen molar-refractivity contribution in [3.8, 4) is 45.4 Å². The third-order valence-corrected chi connectivity index (χ3v) is 4.87. The number of ether oxygens (including phenoxy) is 4.